The Balaban J connectivity index is 0.000000150. The van der Waals surface area contributed by atoms with Crippen LogP contribution in [-0.2, 0) is 0 Å². The predicted octanol–water partition coefficient (Wildman–Crippen LogP) is 4.96. The maximum absolute atomic E-state index is 12.3. The molecule has 3 aromatic carbocycles. The fourth-order valence-electron chi connectivity index (χ4n) is 2.95. The SMILES string of the molecule is O=c1c(-c2ccccc2)coc2ccccc12.O=c1oc2ccccc2cc1O. The molecular weight excluding hydrogens is 368 g/mol. The van der Waals surface area contributed by atoms with Gasteiger partial charge >= 0.3 is 5.63 Å². The zero-order valence-corrected chi connectivity index (χ0v) is 15.2. The molecule has 2 heterocycles. The van der Waals surface area contributed by atoms with Crippen LogP contribution in [0.15, 0.2) is 110 Å². The highest BCUT2D eigenvalue weighted by atomic mass is 16.4. The van der Waals surface area contributed by atoms with Gasteiger partial charge in [-0.1, -0.05) is 60.7 Å². The second kappa shape index (κ2) is 7.86. The first-order valence-electron chi connectivity index (χ1n) is 8.91. The van der Waals surface area contributed by atoms with Crippen LogP contribution in [0.5, 0.6) is 5.75 Å². The highest BCUT2D eigenvalue weighted by Crippen LogP contribution is 2.19. The fourth-order valence-corrected chi connectivity index (χ4v) is 2.95. The normalized spacial score (nSPS) is 10.5. The van der Waals surface area contributed by atoms with Gasteiger partial charge < -0.3 is 13.9 Å². The molecule has 0 aliphatic heterocycles. The molecule has 0 unspecified atom stereocenters. The van der Waals surface area contributed by atoms with Crippen molar-refractivity contribution in [3.63, 3.8) is 0 Å². The van der Waals surface area contributed by atoms with Crippen LogP contribution in [0.1, 0.15) is 0 Å². The predicted molar refractivity (Wildman–Crippen MR) is 112 cm³/mol. The van der Waals surface area contributed by atoms with Crippen LogP contribution in [0, 0.1) is 0 Å². The Bertz CT molecular complexity index is 1400. The molecule has 142 valence electrons. The van der Waals surface area contributed by atoms with Crippen molar-refractivity contribution in [3.05, 3.63) is 112 Å². The lowest BCUT2D eigenvalue weighted by Gasteiger charge is -2.01. The fraction of sp³-hybridized carbons (Fsp3) is 0. The summed E-state index contributed by atoms with van der Waals surface area (Å²) in [4.78, 5) is 23.1. The Morgan fingerprint density at radius 2 is 1.38 bits per heavy atom. The second-order valence-electron chi connectivity index (χ2n) is 6.30. The van der Waals surface area contributed by atoms with Crippen molar-refractivity contribution in [1.29, 1.82) is 0 Å². The number of hydrogen-bond donors (Lipinski definition) is 1. The molecule has 2 aromatic heterocycles. The summed E-state index contributed by atoms with van der Waals surface area (Å²) in [6.45, 7) is 0. The summed E-state index contributed by atoms with van der Waals surface area (Å²) in [6, 6.07) is 25.2. The minimum absolute atomic E-state index is 0.0121. The third-order valence-electron chi connectivity index (χ3n) is 4.39. The van der Waals surface area contributed by atoms with Crippen molar-refractivity contribution in [3.8, 4) is 16.9 Å². The summed E-state index contributed by atoms with van der Waals surface area (Å²) < 4.78 is 10.3. The number of rotatable bonds is 1. The van der Waals surface area contributed by atoms with Crippen LogP contribution in [0.4, 0.5) is 0 Å². The third kappa shape index (κ3) is 3.80. The first-order valence-corrected chi connectivity index (χ1v) is 8.91. The van der Waals surface area contributed by atoms with Crippen LogP contribution in [0.2, 0.25) is 0 Å². The summed E-state index contributed by atoms with van der Waals surface area (Å²) >= 11 is 0. The van der Waals surface area contributed by atoms with E-state index in [1.54, 1.807) is 30.3 Å². The summed E-state index contributed by atoms with van der Waals surface area (Å²) in [6.07, 6.45) is 1.53. The maximum Gasteiger partial charge on any atom is 0.378 e. The quantitative estimate of drug-likeness (QED) is 0.413. The van der Waals surface area contributed by atoms with Crippen molar-refractivity contribution >= 4 is 21.9 Å². The molecule has 5 rings (SSSR count). The lowest BCUT2D eigenvalue weighted by atomic mass is 10.1. The van der Waals surface area contributed by atoms with E-state index in [-0.39, 0.29) is 11.2 Å². The second-order valence-corrected chi connectivity index (χ2v) is 6.30. The van der Waals surface area contributed by atoms with Crippen LogP contribution < -0.4 is 11.1 Å². The molecule has 0 saturated carbocycles. The number of hydrogen-bond acceptors (Lipinski definition) is 5. The zero-order chi connectivity index (χ0) is 20.2. The molecule has 5 heteroatoms. The Morgan fingerprint density at radius 1 is 0.724 bits per heavy atom. The van der Waals surface area contributed by atoms with Gasteiger partial charge in [0.15, 0.2) is 5.43 Å². The monoisotopic (exact) mass is 384 g/mol. The Hall–Kier alpha value is -4.12. The van der Waals surface area contributed by atoms with Crippen LogP contribution >= 0.6 is 0 Å². The first kappa shape index (κ1) is 18.3. The summed E-state index contributed by atoms with van der Waals surface area (Å²) in [5.41, 5.74) is 1.90. The van der Waals surface area contributed by atoms with Gasteiger partial charge in [-0.2, -0.15) is 0 Å². The molecule has 0 spiro atoms. The summed E-state index contributed by atoms with van der Waals surface area (Å²) in [7, 11) is 0. The van der Waals surface area contributed by atoms with Crippen LogP contribution in [-0.4, -0.2) is 5.11 Å². The smallest absolute Gasteiger partial charge is 0.378 e. The Labute approximate surface area is 165 Å². The van der Waals surface area contributed by atoms with Gasteiger partial charge in [-0.05, 0) is 29.8 Å². The van der Waals surface area contributed by atoms with Gasteiger partial charge in [-0.25, -0.2) is 4.79 Å². The largest absolute Gasteiger partial charge is 0.502 e. The van der Waals surface area contributed by atoms with E-state index in [0.717, 1.165) is 10.9 Å². The van der Waals surface area contributed by atoms with Crippen molar-refractivity contribution in [2.24, 2.45) is 0 Å². The van der Waals surface area contributed by atoms with Gasteiger partial charge in [0.05, 0.1) is 10.9 Å². The maximum atomic E-state index is 12.3. The Morgan fingerprint density at radius 3 is 2.17 bits per heavy atom. The number of benzene rings is 3. The highest BCUT2D eigenvalue weighted by Gasteiger charge is 2.07. The number of para-hydroxylation sites is 2. The van der Waals surface area contributed by atoms with Crippen molar-refractivity contribution in [2.45, 2.75) is 0 Å². The average Bonchev–Trinajstić information content (AvgIpc) is 2.76. The molecule has 0 saturated heterocycles. The molecule has 29 heavy (non-hydrogen) atoms. The average molecular weight is 384 g/mol. The van der Waals surface area contributed by atoms with Gasteiger partial charge in [0.2, 0.25) is 5.75 Å². The molecule has 0 atom stereocenters. The molecule has 0 fully saturated rings. The Kier molecular flexibility index (Phi) is 4.95. The van der Waals surface area contributed by atoms with Gasteiger partial charge in [-0.15, -0.1) is 0 Å². The van der Waals surface area contributed by atoms with Crippen LogP contribution in [0.3, 0.4) is 0 Å². The molecule has 1 N–H and O–H groups in total. The van der Waals surface area contributed by atoms with Gasteiger partial charge in [-0.3, -0.25) is 4.79 Å². The molecular formula is C24H16O5. The van der Waals surface area contributed by atoms with Crippen molar-refractivity contribution < 1.29 is 13.9 Å². The lowest BCUT2D eigenvalue weighted by Crippen LogP contribution is -2.04. The minimum atomic E-state index is -0.700. The topological polar surface area (TPSA) is 80.7 Å². The van der Waals surface area contributed by atoms with E-state index in [9.17, 15) is 9.59 Å². The van der Waals surface area contributed by atoms with E-state index in [2.05, 4.69) is 0 Å². The number of fused-ring (bicyclic) bond motifs is 2. The van der Waals surface area contributed by atoms with E-state index in [1.165, 1.54) is 12.3 Å². The minimum Gasteiger partial charge on any atom is -0.502 e. The lowest BCUT2D eigenvalue weighted by molar-refractivity contribution is 0.428. The number of aromatic hydroxyl groups is 1. The van der Waals surface area contributed by atoms with E-state index in [4.69, 9.17) is 13.9 Å². The molecule has 0 bridgehead atoms. The molecule has 0 aliphatic rings. The molecule has 5 aromatic rings. The molecule has 5 nitrogen and oxygen atoms in total. The van der Waals surface area contributed by atoms with E-state index in [0.29, 0.717) is 22.1 Å². The first-order chi connectivity index (χ1) is 14.1. The molecule has 0 aliphatic carbocycles. The van der Waals surface area contributed by atoms with Gasteiger partial charge in [0.1, 0.15) is 17.4 Å². The summed E-state index contributed by atoms with van der Waals surface area (Å²) in [5, 5.41) is 10.3. The third-order valence-corrected chi connectivity index (χ3v) is 4.39. The van der Waals surface area contributed by atoms with Crippen LogP contribution in [0.25, 0.3) is 33.1 Å². The van der Waals surface area contributed by atoms with Gasteiger partial charge in [0.25, 0.3) is 0 Å². The zero-order valence-electron chi connectivity index (χ0n) is 15.2. The molecule has 0 amide bonds. The van der Waals surface area contributed by atoms with Gasteiger partial charge in [0, 0.05) is 5.39 Å². The van der Waals surface area contributed by atoms with Crippen molar-refractivity contribution in [1.82, 2.24) is 0 Å². The van der Waals surface area contributed by atoms with E-state index in [1.807, 2.05) is 48.5 Å². The van der Waals surface area contributed by atoms with Crippen molar-refractivity contribution in [2.75, 3.05) is 0 Å². The standard InChI is InChI=1S/C15H10O2.C9H6O3/c16-15-12-8-4-5-9-14(12)17-10-13(15)11-6-2-1-3-7-11;10-7-5-6-3-1-2-4-8(6)12-9(7)11/h1-10H;1-5,10H. The highest BCUT2D eigenvalue weighted by molar-refractivity contribution is 5.81. The van der Waals surface area contributed by atoms with E-state index >= 15 is 0 Å². The molecule has 0 radical (unpaired) electrons. The van der Waals surface area contributed by atoms with E-state index < -0.39 is 5.63 Å². The summed E-state index contributed by atoms with van der Waals surface area (Å²) in [5.74, 6) is -0.353.